The maximum Gasteiger partial charge on any atom is 0.255 e. The number of carbonyl (C=O) groups excluding carboxylic acids is 1. The number of amides is 1. The summed E-state index contributed by atoms with van der Waals surface area (Å²) < 4.78 is 1.86. The Bertz CT molecular complexity index is 852. The summed E-state index contributed by atoms with van der Waals surface area (Å²) in [4.78, 5) is 27.1. The third kappa shape index (κ3) is 2.61. The summed E-state index contributed by atoms with van der Waals surface area (Å²) in [5.41, 5.74) is 2.10. The largest absolute Gasteiger partial charge is 0.355 e. The van der Waals surface area contributed by atoms with Gasteiger partial charge in [0.1, 0.15) is 12.0 Å². The first-order valence-electron chi connectivity index (χ1n) is 7.59. The number of hydrogen-bond acceptors (Lipinski definition) is 5. The lowest BCUT2D eigenvalue weighted by molar-refractivity contribution is 0.102. The van der Waals surface area contributed by atoms with Crippen LogP contribution in [0.5, 0.6) is 0 Å². The van der Waals surface area contributed by atoms with Gasteiger partial charge in [0, 0.05) is 24.8 Å². The number of carbonyl (C=O) groups is 1. The average molecular weight is 308 g/mol. The summed E-state index contributed by atoms with van der Waals surface area (Å²) in [5.74, 6) is 0.611. The molecule has 0 spiro atoms. The van der Waals surface area contributed by atoms with Crippen LogP contribution in [0.15, 0.2) is 43.4 Å². The number of nitrogens with zero attached hydrogens (tertiary/aromatic N) is 5. The molecule has 0 bridgehead atoms. The van der Waals surface area contributed by atoms with Crippen LogP contribution in [-0.4, -0.2) is 38.3 Å². The Morgan fingerprint density at radius 2 is 2.04 bits per heavy atom. The fourth-order valence-electron chi connectivity index (χ4n) is 2.85. The molecule has 0 aromatic carbocycles. The number of aromatic nitrogens is 4. The maximum atomic E-state index is 12.5. The summed E-state index contributed by atoms with van der Waals surface area (Å²) in [6, 6.07) is 3.57. The zero-order chi connectivity index (χ0) is 15.6. The van der Waals surface area contributed by atoms with Crippen molar-refractivity contribution < 1.29 is 4.79 Å². The Kier molecular flexibility index (Phi) is 3.38. The highest BCUT2D eigenvalue weighted by Gasteiger charge is 2.19. The molecule has 0 aliphatic carbocycles. The standard InChI is InChI=1S/C16H16N6O/c23-16(12-3-6-22-11-18-8-13(22)7-12)20-14-9-17-10-19-15(14)21-4-1-2-5-21/h3,6-11H,1-2,4-5H2,(H,20,23). The van der Waals surface area contributed by atoms with Crippen LogP contribution in [0.4, 0.5) is 11.5 Å². The molecule has 1 N–H and O–H groups in total. The van der Waals surface area contributed by atoms with Crippen molar-refractivity contribution in [3.8, 4) is 0 Å². The fraction of sp³-hybridized carbons (Fsp3) is 0.250. The van der Waals surface area contributed by atoms with Gasteiger partial charge >= 0.3 is 0 Å². The molecule has 23 heavy (non-hydrogen) atoms. The van der Waals surface area contributed by atoms with Crippen LogP contribution >= 0.6 is 0 Å². The molecule has 1 saturated heterocycles. The monoisotopic (exact) mass is 308 g/mol. The Balaban J connectivity index is 1.61. The molecule has 3 aromatic heterocycles. The summed E-state index contributed by atoms with van der Waals surface area (Å²) in [6.07, 6.45) is 10.7. The summed E-state index contributed by atoms with van der Waals surface area (Å²) in [6.45, 7) is 1.92. The molecule has 116 valence electrons. The van der Waals surface area contributed by atoms with Gasteiger partial charge in [0.2, 0.25) is 0 Å². The van der Waals surface area contributed by atoms with E-state index in [0.717, 1.165) is 37.3 Å². The van der Waals surface area contributed by atoms with Gasteiger partial charge in [-0.2, -0.15) is 0 Å². The Morgan fingerprint density at radius 1 is 1.17 bits per heavy atom. The Hall–Kier alpha value is -2.96. The average Bonchev–Trinajstić information content (AvgIpc) is 3.26. The predicted octanol–water partition coefficient (Wildman–Crippen LogP) is 1.98. The number of fused-ring (bicyclic) bond motifs is 1. The summed E-state index contributed by atoms with van der Waals surface area (Å²) in [5, 5.41) is 2.93. The molecular formula is C16H16N6O. The van der Waals surface area contributed by atoms with Crippen LogP contribution in [0.2, 0.25) is 0 Å². The van der Waals surface area contributed by atoms with Gasteiger partial charge in [-0.25, -0.2) is 15.0 Å². The van der Waals surface area contributed by atoms with E-state index in [1.807, 2.05) is 16.7 Å². The van der Waals surface area contributed by atoms with E-state index in [-0.39, 0.29) is 5.91 Å². The van der Waals surface area contributed by atoms with E-state index in [1.165, 1.54) is 6.33 Å². The molecule has 1 amide bonds. The van der Waals surface area contributed by atoms with Crippen LogP contribution in [0.3, 0.4) is 0 Å². The van der Waals surface area contributed by atoms with Gasteiger partial charge in [-0.3, -0.25) is 4.79 Å². The van der Waals surface area contributed by atoms with Gasteiger partial charge in [0.05, 0.1) is 24.2 Å². The molecule has 7 heteroatoms. The third-order valence-electron chi connectivity index (χ3n) is 4.02. The lowest BCUT2D eigenvalue weighted by Crippen LogP contribution is -2.22. The molecule has 1 aliphatic heterocycles. The highest BCUT2D eigenvalue weighted by atomic mass is 16.1. The molecule has 4 rings (SSSR count). The van der Waals surface area contributed by atoms with Gasteiger partial charge in [0.25, 0.3) is 5.91 Å². The van der Waals surface area contributed by atoms with Crippen molar-refractivity contribution in [3.05, 3.63) is 48.9 Å². The zero-order valence-corrected chi connectivity index (χ0v) is 12.5. The Labute approximate surface area is 133 Å². The molecule has 0 saturated carbocycles. The number of imidazole rings is 1. The minimum absolute atomic E-state index is 0.177. The van der Waals surface area contributed by atoms with Crippen molar-refractivity contribution in [2.75, 3.05) is 23.3 Å². The number of nitrogens with one attached hydrogen (secondary N) is 1. The quantitative estimate of drug-likeness (QED) is 0.800. The molecule has 4 heterocycles. The van der Waals surface area contributed by atoms with Crippen LogP contribution in [-0.2, 0) is 0 Å². The van der Waals surface area contributed by atoms with Gasteiger partial charge in [-0.1, -0.05) is 0 Å². The predicted molar refractivity (Wildman–Crippen MR) is 86.6 cm³/mol. The van der Waals surface area contributed by atoms with Crippen LogP contribution in [0.1, 0.15) is 23.2 Å². The van der Waals surface area contributed by atoms with E-state index in [9.17, 15) is 4.79 Å². The molecular weight excluding hydrogens is 292 g/mol. The number of hydrogen-bond donors (Lipinski definition) is 1. The van der Waals surface area contributed by atoms with E-state index in [0.29, 0.717) is 11.3 Å². The van der Waals surface area contributed by atoms with Gasteiger partial charge < -0.3 is 14.6 Å². The first-order chi connectivity index (χ1) is 11.3. The normalized spacial score (nSPS) is 14.3. The molecule has 0 unspecified atom stereocenters. The second-order valence-corrected chi connectivity index (χ2v) is 5.55. The van der Waals surface area contributed by atoms with Gasteiger partial charge in [0.15, 0.2) is 5.82 Å². The third-order valence-corrected chi connectivity index (χ3v) is 4.02. The minimum Gasteiger partial charge on any atom is -0.355 e. The minimum atomic E-state index is -0.177. The lowest BCUT2D eigenvalue weighted by Gasteiger charge is -2.19. The van der Waals surface area contributed by atoms with Gasteiger partial charge in [-0.05, 0) is 25.0 Å². The van der Waals surface area contributed by atoms with Gasteiger partial charge in [-0.15, -0.1) is 0 Å². The van der Waals surface area contributed by atoms with Crippen molar-refractivity contribution in [2.24, 2.45) is 0 Å². The van der Waals surface area contributed by atoms with Crippen molar-refractivity contribution in [1.82, 2.24) is 19.4 Å². The lowest BCUT2D eigenvalue weighted by atomic mass is 10.2. The summed E-state index contributed by atoms with van der Waals surface area (Å²) >= 11 is 0. The number of anilines is 2. The highest BCUT2D eigenvalue weighted by molar-refractivity contribution is 6.06. The topological polar surface area (TPSA) is 75.4 Å². The van der Waals surface area contributed by atoms with E-state index < -0.39 is 0 Å². The summed E-state index contributed by atoms with van der Waals surface area (Å²) in [7, 11) is 0. The zero-order valence-electron chi connectivity index (χ0n) is 12.5. The molecule has 0 atom stereocenters. The van der Waals surface area contributed by atoms with E-state index >= 15 is 0 Å². The fourth-order valence-corrected chi connectivity index (χ4v) is 2.85. The van der Waals surface area contributed by atoms with Crippen LogP contribution < -0.4 is 10.2 Å². The maximum absolute atomic E-state index is 12.5. The van der Waals surface area contributed by atoms with E-state index in [4.69, 9.17) is 0 Å². The van der Waals surface area contributed by atoms with Crippen molar-refractivity contribution in [2.45, 2.75) is 12.8 Å². The van der Waals surface area contributed by atoms with Crippen molar-refractivity contribution in [1.29, 1.82) is 0 Å². The highest BCUT2D eigenvalue weighted by Crippen LogP contribution is 2.25. The molecule has 7 nitrogen and oxygen atoms in total. The number of rotatable bonds is 3. The molecule has 1 fully saturated rings. The van der Waals surface area contributed by atoms with E-state index in [1.54, 1.807) is 24.8 Å². The first kappa shape index (κ1) is 13.7. The smallest absolute Gasteiger partial charge is 0.255 e. The SMILES string of the molecule is O=C(Nc1cncnc1N1CCCC1)c1ccn2cncc2c1. The first-order valence-corrected chi connectivity index (χ1v) is 7.59. The molecule has 3 aromatic rings. The number of pyridine rings is 1. The van der Waals surface area contributed by atoms with Crippen molar-refractivity contribution in [3.63, 3.8) is 0 Å². The molecule has 0 radical (unpaired) electrons. The van der Waals surface area contributed by atoms with Crippen LogP contribution in [0, 0.1) is 0 Å². The Morgan fingerprint density at radius 3 is 2.91 bits per heavy atom. The molecule has 1 aliphatic rings. The van der Waals surface area contributed by atoms with Crippen LogP contribution in [0.25, 0.3) is 5.52 Å². The second kappa shape index (κ2) is 5.68. The van der Waals surface area contributed by atoms with Crippen molar-refractivity contribution >= 4 is 22.9 Å². The second-order valence-electron chi connectivity index (χ2n) is 5.55. The van der Waals surface area contributed by atoms with E-state index in [2.05, 4.69) is 25.2 Å².